The van der Waals surface area contributed by atoms with E-state index in [2.05, 4.69) is 11.9 Å². The maximum atomic E-state index is 13.7. The molecule has 28 heavy (non-hydrogen) atoms. The number of rotatable bonds is 5. The van der Waals surface area contributed by atoms with E-state index in [-0.39, 0.29) is 29.5 Å². The molecule has 1 aliphatic heterocycles. The van der Waals surface area contributed by atoms with Gasteiger partial charge in [-0.05, 0) is 42.7 Å². The summed E-state index contributed by atoms with van der Waals surface area (Å²) in [6.07, 6.45) is 2.25. The molecular formula is C23H25FN2O2. The lowest BCUT2D eigenvalue weighted by Crippen LogP contribution is -2.48. The number of carbonyl (C=O) groups is 2. The standard InChI is InChI=1S/C23H25FN2O2/c1-3-11-25-22(27)20-13-19(18-9-10-21(24)16(2)12-18)14-26(15-20)23(28)17-7-5-4-6-8-17/h3-10,12,19-20H,1,11,13-15H2,2H3,(H,25,27)/t19-,20+/m1/s1. The fourth-order valence-corrected chi connectivity index (χ4v) is 3.70. The average Bonchev–Trinajstić information content (AvgIpc) is 2.73. The number of hydrogen-bond acceptors (Lipinski definition) is 2. The quantitative estimate of drug-likeness (QED) is 0.805. The molecule has 3 rings (SSSR count). The third-order valence-corrected chi connectivity index (χ3v) is 5.20. The van der Waals surface area contributed by atoms with E-state index in [4.69, 9.17) is 0 Å². The molecule has 0 aromatic heterocycles. The van der Waals surface area contributed by atoms with E-state index in [1.165, 1.54) is 6.07 Å². The first-order valence-electron chi connectivity index (χ1n) is 9.48. The summed E-state index contributed by atoms with van der Waals surface area (Å²) in [5, 5.41) is 2.84. The van der Waals surface area contributed by atoms with Crippen LogP contribution in [-0.4, -0.2) is 36.3 Å². The molecule has 1 fully saturated rings. The molecule has 0 aliphatic carbocycles. The molecule has 0 saturated carbocycles. The Morgan fingerprint density at radius 2 is 1.96 bits per heavy atom. The number of likely N-dealkylation sites (tertiary alicyclic amines) is 1. The van der Waals surface area contributed by atoms with Crippen molar-refractivity contribution in [3.05, 3.63) is 83.7 Å². The largest absolute Gasteiger partial charge is 0.352 e. The lowest BCUT2D eigenvalue weighted by atomic mass is 9.83. The predicted octanol–water partition coefficient (Wildman–Crippen LogP) is 3.68. The summed E-state index contributed by atoms with van der Waals surface area (Å²) in [4.78, 5) is 27.3. The molecule has 0 bridgehead atoms. The lowest BCUT2D eigenvalue weighted by Gasteiger charge is -2.37. The summed E-state index contributed by atoms with van der Waals surface area (Å²) in [5.41, 5.74) is 2.12. The SMILES string of the molecule is C=CCNC(=O)[C@H]1C[C@@H](c2ccc(F)c(C)c2)CN(C(=O)c2ccccc2)C1. The first-order valence-corrected chi connectivity index (χ1v) is 9.48. The molecule has 1 heterocycles. The summed E-state index contributed by atoms with van der Waals surface area (Å²) >= 11 is 0. The van der Waals surface area contributed by atoms with Crippen LogP contribution in [0.1, 0.15) is 33.8 Å². The van der Waals surface area contributed by atoms with Crippen LogP contribution in [0, 0.1) is 18.7 Å². The Hall–Kier alpha value is -2.95. The molecule has 0 unspecified atom stereocenters. The maximum absolute atomic E-state index is 13.7. The van der Waals surface area contributed by atoms with Crippen LogP contribution in [0.4, 0.5) is 4.39 Å². The summed E-state index contributed by atoms with van der Waals surface area (Å²) in [5.74, 6) is -0.783. The van der Waals surface area contributed by atoms with Gasteiger partial charge in [0.25, 0.3) is 5.91 Å². The van der Waals surface area contributed by atoms with E-state index in [1.807, 2.05) is 24.3 Å². The second kappa shape index (κ2) is 8.83. The Morgan fingerprint density at radius 3 is 2.64 bits per heavy atom. The average molecular weight is 380 g/mol. The molecular weight excluding hydrogens is 355 g/mol. The number of nitrogens with zero attached hydrogens (tertiary/aromatic N) is 1. The van der Waals surface area contributed by atoms with E-state index in [1.54, 1.807) is 36.1 Å². The van der Waals surface area contributed by atoms with Crippen LogP contribution in [0.3, 0.4) is 0 Å². The fraction of sp³-hybridized carbons (Fsp3) is 0.304. The van der Waals surface area contributed by atoms with Gasteiger partial charge in [0.2, 0.25) is 5.91 Å². The molecule has 1 N–H and O–H groups in total. The van der Waals surface area contributed by atoms with Crippen molar-refractivity contribution in [3.8, 4) is 0 Å². The number of aryl methyl sites for hydroxylation is 1. The normalized spacial score (nSPS) is 19.1. The number of halogens is 1. The summed E-state index contributed by atoms with van der Waals surface area (Å²) in [7, 11) is 0. The van der Waals surface area contributed by atoms with E-state index in [0.29, 0.717) is 37.2 Å². The molecule has 1 saturated heterocycles. The van der Waals surface area contributed by atoms with Crippen molar-refractivity contribution in [2.45, 2.75) is 19.3 Å². The van der Waals surface area contributed by atoms with Gasteiger partial charge in [-0.3, -0.25) is 9.59 Å². The molecule has 5 heteroatoms. The number of benzene rings is 2. The monoisotopic (exact) mass is 380 g/mol. The van der Waals surface area contributed by atoms with Gasteiger partial charge in [-0.1, -0.05) is 36.4 Å². The van der Waals surface area contributed by atoms with Crippen molar-refractivity contribution in [1.29, 1.82) is 0 Å². The molecule has 2 aromatic rings. The Labute approximate surface area is 165 Å². The Balaban J connectivity index is 1.87. The van der Waals surface area contributed by atoms with Crippen LogP contribution in [0.2, 0.25) is 0 Å². The van der Waals surface area contributed by atoms with Crippen molar-refractivity contribution < 1.29 is 14.0 Å². The van der Waals surface area contributed by atoms with Crippen molar-refractivity contribution >= 4 is 11.8 Å². The summed E-state index contributed by atoms with van der Waals surface area (Å²) < 4.78 is 13.7. The number of amides is 2. The summed E-state index contributed by atoms with van der Waals surface area (Å²) in [6, 6.07) is 14.1. The van der Waals surface area contributed by atoms with Crippen LogP contribution in [-0.2, 0) is 4.79 Å². The highest BCUT2D eigenvalue weighted by atomic mass is 19.1. The molecule has 0 radical (unpaired) electrons. The van der Waals surface area contributed by atoms with Crippen molar-refractivity contribution in [2.24, 2.45) is 5.92 Å². The Morgan fingerprint density at radius 1 is 1.21 bits per heavy atom. The predicted molar refractivity (Wildman–Crippen MR) is 108 cm³/mol. The number of hydrogen-bond donors (Lipinski definition) is 1. The number of piperidine rings is 1. The topological polar surface area (TPSA) is 49.4 Å². The zero-order valence-electron chi connectivity index (χ0n) is 16.0. The third-order valence-electron chi connectivity index (χ3n) is 5.20. The molecule has 1 aliphatic rings. The van der Waals surface area contributed by atoms with Gasteiger partial charge in [0.15, 0.2) is 0 Å². The molecule has 2 aromatic carbocycles. The Kier molecular flexibility index (Phi) is 6.24. The van der Waals surface area contributed by atoms with Crippen molar-refractivity contribution in [1.82, 2.24) is 10.2 Å². The van der Waals surface area contributed by atoms with Crippen LogP contribution in [0.5, 0.6) is 0 Å². The van der Waals surface area contributed by atoms with Crippen LogP contribution < -0.4 is 5.32 Å². The number of carbonyl (C=O) groups excluding carboxylic acids is 2. The fourth-order valence-electron chi connectivity index (χ4n) is 3.70. The molecule has 146 valence electrons. The van der Waals surface area contributed by atoms with Gasteiger partial charge in [0, 0.05) is 31.1 Å². The van der Waals surface area contributed by atoms with Gasteiger partial charge in [0.1, 0.15) is 5.82 Å². The van der Waals surface area contributed by atoms with Crippen molar-refractivity contribution in [3.63, 3.8) is 0 Å². The first kappa shape index (κ1) is 19.8. The van der Waals surface area contributed by atoms with Crippen LogP contribution in [0.25, 0.3) is 0 Å². The van der Waals surface area contributed by atoms with Gasteiger partial charge in [-0.2, -0.15) is 0 Å². The summed E-state index contributed by atoms with van der Waals surface area (Å²) in [6.45, 7) is 6.61. The molecule has 0 spiro atoms. The number of nitrogens with one attached hydrogen (secondary N) is 1. The van der Waals surface area contributed by atoms with Crippen LogP contribution >= 0.6 is 0 Å². The highest BCUT2D eigenvalue weighted by molar-refractivity contribution is 5.94. The van der Waals surface area contributed by atoms with Gasteiger partial charge >= 0.3 is 0 Å². The lowest BCUT2D eigenvalue weighted by molar-refractivity contribution is -0.126. The second-order valence-corrected chi connectivity index (χ2v) is 7.25. The molecule has 2 atom stereocenters. The minimum atomic E-state index is -0.322. The minimum absolute atomic E-state index is 0.0276. The third kappa shape index (κ3) is 4.47. The van der Waals surface area contributed by atoms with E-state index < -0.39 is 0 Å². The van der Waals surface area contributed by atoms with Crippen LogP contribution in [0.15, 0.2) is 61.2 Å². The molecule has 2 amide bonds. The molecule has 4 nitrogen and oxygen atoms in total. The second-order valence-electron chi connectivity index (χ2n) is 7.25. The minimum Gasteiger partial charge on any atom is -0.352 e. The smallest absolute Gasteiger partial charge is 0.253 e. The zero-order valence-corrected chi connectivity index (χ0v) is 16.0. The van der Waals surface area contributed by atoms with Gasteiger partial charge in [-0.25, -0.2) is 4.39 Å². The Bertz CT molecular complexity index is 866. The van der Waals surface area contributed by atoms with E-state index in [9.17, 15) is 14.0 Å². The van der Waals surface area contributed by atoms with Gasteiger partial charge in [0.05, 0.1) is 5.92 Å². The highest BCUT2D eigenvalue weighted by Crippen LogP contribution is 2.32. The highest BCUT2D eigenvalue weighted by Gasteiger charge is 2.34. The van der Waals surface area contributed by atoms with Crippen molar-refractivity contribution in [2.75, 3.05) is 19.6 Å². The first-order chi connectivity index (χ1) is 13.5. The van der Waals surface area contributed by atoms with Gasteiger partial charge < -0.3 is 10.2 Å². The maximum Gasteiger partial charge on any atom is 0.253 e. The van der Waals surface area contributed by atoms with E-state index >= 15 is 0 Å². The van der Waals surface area contributed by atoms with Gasteiger partial charge in [-0.15, -0.1) is 6.58 Å². The zero-order chi connectivity index (χ0) is 20.1. The van der Waals surface area contributed by atoms with E-state index in [0.717, 1.165) is 5.56 Å².